The normalized spacial score (nSPS) is 11.9. The predicted molar refractivity (Wildman–Crippen MR) is 82.2 cm³/mol. The van der Waals surface area contributed by atoms with E-state index in [-0.39, 0.29) is 5.54 Å². The molecule has 1 amide bonds. The van der Waals surface area contributed by atoms with Crippen molar-refractivity contribution in [2.75, 3.05) is 14.1 Å². The number of nitrogens with one attached hydrogen (secondary N) is 1. The zero-order chi connectivity index (χ0) is 15.2. The van der Waals surface area contributed by atoms with Gasteiger partial charge in [0, 0.05) is 12.1 Å². The van der Waals surface area contributed by atoms with E-state index >= 15 is 0 Å². The van der Waals surface area contributed by atoms with E-state index in [9.17, 15) is 4.79 Å². The van der Waals surface area contributed by atoms with Gasteiger partial charge in [0.15, 0.2) is 0 Å². The van der Waals surface area contributed by atoms with E-state index in [4.69, 9.17) is 4.74 Å². The van der Waals surface area contributed by atoms with E-state index in [0.717, 1.165) is 12.1 Å². The summed E-state index contributed by atoms with van der Waals surface area (Å²) in [5.74, 6) is 0. The largest absolute Gasteiger partial charge is 0.418 e. The van der Waals surface area contributed by atoms with Crippen molar-refractivity contribution in [1.82, 2.24) is 10.2 Å². The lowest BCUT2D eigenvalue weighted by atomic mass is 10.1. The zero-order valence-electron chi connectivity index (χ0n) is 12.9. The van der Waals surface area contributed by atoms with Gasteiger partial charge in [0.05, 0.1) is 6.26 Å². The third-order valence-corrected chi connectivity index (χ3v) is 2.39. The highest BCUT2D eigenvalue weighted by Crippen LogP contribution is 2.08. The molecule has 0 bridgehead atoms. The van der Waals surface area contributed by atoms with Gasteiger partial charge in [0.25, 0.3) is 0 Å². The minimum atomic E-state index is -0.446. The number of alkyl carbamates (subject to hydrolysis) is 1. The second-order valence-corrected chi connectivity index (χ2v) is 6.06. The van der Waals surface area contributed by atoms with Crippen molar-refractivity contribution in [3.63, 3.8) is 0 Å². The van der Waals surface area contributed by atoms with E-state index in [1.165, 1.54) is 11.8 Å². The first-order valence-corrected chi connectivity index (χ1v) is 6.65. The van der Waals surface area contributed by atoms with Gasteiger partial charge in [-0.2, -0.15) is 0 Å². The van der Waals surface area contributed by atoms with Gasteiger partial charge in [0.2, 0.25) is 0 Å². The molecule has 4 heteroatoms. The average Bonchev–Trinajstić information content (AvgIpc) is 2.28. The minimum Gasteiger partial charge on any atom is -0.418 e. The average molecular weight is 276 g/mol. The summed E-state index contributed by atoms with van der Waals surface area (Å²) in [6.45, 7) is 6.62. The first-order chi connectivity index (χ1) is 9.26. The lowest BCUT2D eigenvalue weighted by molar-refractivity contribution is 0.176. The third kappa shape index (κ3) is 6.95. The SMILES string of the molecule is CN(C)Cc1ccc(C=COC(=O)NC(C)(C)C)cc1. The number of hydrogen-bond acceptors (Lipinski definition) is 3. The molecular weight excluding hydrogens is 252 g/mol. The predicted octanol–water partition coefficient (Wildman–Crippen LogP) is 3.24. The summed E-state index contributed by atoms with van der Waals surface area (Å²) in [5.41, 5.74) is 1.95. The van der Waals surface area contributed by atoms with Crippen molar-refractivity contribution in [2.24, 2.45) is 0 Å². The van der Waals surface area contributed by atoms with Crippen LogP contribution in [0.4, 0.5) is 4.79 Å². The zero-order valence-corrected chi connectivity index (χ0v) is 12.9. The van der Waals surface area contributed by atoms with Crippen LogP contribution in [0.2, 0.25) is 0 Å². The monoisotopic (exact) mass is 276 g/mol. The number of hydrogen-bond donors (Lipinski definition) is 1. The Hall–Kier alpha value is -1.81. The maximum atomic E-state index is 11.4. The molecule has 1 aromatic rings. The van der Waals surface area contributed by atoms with Crippen LogP contribution < -0.4 is 5.32 Å². The van der Waals surface area contributed by atoms with Gasteiger partial charge in [-0.1, -0.05) is 24.3 Å². The molecule has 1 aromatic carbocycles. The third-order valence-electron chi connectivity index (χ3n) is 2.39. The molecule has 1 N–H and O–H groups in total. The molecule has 4 nitrogen and oxygen atoms in total. The molecule has 0 radical (unpaired) electrons. The Balaban J connectivity index is 2.48. The van der Waals surface area contributed by atoms with Crippen LogP contribution in [-0.2, 0) is 11.3 Å². The Kier molecular flexibility index (Phi) is 5.77. The fraction of sp³-hybridized carbons (Fsp3) is 0.438. The maximum absolute atomic E-state index is 11.4. The molecule has 1 rings (SSSR count). The smallest absolute Gasteiger partial charge is 0.412 e. The first-order valence-electron chi connectivity index (χ1n) is 6.65. The van der Waals surface area contributed by atoms with Gasteiger partial charge in [0.1, 0.15) is 0 Å². The highest BCUT2D eigenvalue weighted by atomic mass is 16.5. The molecule has 0 aliphatic carbocycles. The standard InChI is InChI=1S/C16H24N2O2/c1-16(2,3)17-15(19)20-11-10-13-6-8-14(9-7-13)12-18(4)5/h6-11H,12H2,1-5H3,(H,17,19). The van der Waals surface area contributed by atoms with Crippen LogP contribution in [0.25, 0.3) is 6.08 Å². The second kappa shape index (κ2) is 7.10. The molecule has 0 aromatic heterocycles. The van der Waals surface area contributed by atoms with Crippen molar-refractivity contribution in [3.8, 4) is 0 Å². The highest BCUT2D eigenvalue weighted by molar-refractivity contribution is 5.69. The fourth-order valence-corrected chi connectivity index (χ4v) is 1.61. The summed E-state index contributed by atoms with van der Waals surface area (Å²) in [5, 5.41) is 2.72. The summed E-state index contributed by atoms with van der Waals surface area (Å²) in [4.78, 5) is 13.6. The molecule has 0 unspecified atom stereocenters. The van der Waals surface area contributed by atoms with Gasteiger partial charge in [-0.05, 0) is 52.1 Å². The van der Waals surface area contributed by atoms with E-state index in [0.29, 0.717) is 0 Å². The van der Waals surface area contributed by atoms with E-state index in [2.05, 4.69) is 22.3 Å². The Labute approximate surface area is 121 Å². The lowest BCUT2D eigenvalue weighted by Gasteiger charge is -2.18. The van der Waals surface area contributed by atoms with Crippen LogP contribution in [-0.4, -0.2) is 30.6 Å². The molecule has 0 heterocycles. The van der Waals surface area contributed by atoms with Crippen molar-refractivity contribution in [2.45, 2.75) is 32.9 Å². The first kappa shape index (κ1) is 16.2. The topological polar surface area (TPSA) is 41.6 Å². The number of nitrogens with zero attached hydrogens (tertiary/aromatic N) is 1. The minimum absolute atomic E-state index is 0.293. The van der Waals surface area contributed by atoms with Gasteiger partial charge in [-0.3, -0.25) is 0 Å². The number of amides is 1. The van der Waals surface area contributed by atoms with Crippen LogP contribution in [0.15, 0.2) is 30.5 Å². The van der Waals surface area contributed by atoms with Crippen molar-refractivity contribution in [3.05, 3.63) is 41.7 Å². The van der Waals surface area contributed by atoms with E-state index in [1.54, 1.807) is 6.08 Å². The lowest BCUT2D eigenvalue weighted by Crippen LogP contribution is -2.40. The number of ether oxygens (including phenoxy) is 1. The van der Waals surface area contributed by atoms with E-state index in [1.807, 2.05) is 47.0 Å². The summed E-state index contributed by atoms with van der Waals surface area (Å²) in [7, 11) is 4.07. The van der Waals surface area contributed by atoms with Gasteiger partial charge in [-0.15, -0.1) is 0 Å². The Morgan fingerprint density at radius 3 is 2.35 bits per heavy atom. The quantitative estimate of drug-likeness (QED) is 0.858. The molecule has 20 heavy (non-hydrogen) atoms. The Bertz CT molecular complexity index is 456. The van der Waals surface area contributed by atoms with Crippen molar-refractivity contribution in [1.29, 1.82) is 0 Å². The summed E-state index contributed by atoms with van der Waals surface area (Å²) < 4.78 is 4.98. The molecular formula is C16H24N2O2. The number of carbonyl (C=O) groups is 1. The van der Waals surface area contributed by atoms with Gasteiger partial charge >= 0.3 is 6.09 Å². The van der Waals surface area contributed by atoms with Crippen LogP contribution in [0.3, 0.4) is 0 Å². The molecule has 0 atom stereocenters. The van der Waals surface area contributed by atoms with Crippen LogP contribution in [0, 0.1) is 0 Å². The molecule has 0 aliphatic heterocycles. The second-order valence-electron chi connectivity index (χ2n) is 6.06. The maximum Gasteiger partial charge on any atom is 0.412 e. The van der Waals surface area contributed by atoms with Crippen molar-refractivity contribution < 1.29 is 9.53 Å². The van der Waals surface area contributed by atoms with Gasteiger partial charge < -0.3 is 15.0 Å². The molecule has 0 spiro atoms. The molecule has 0 fully saturated rings. The highest BCUT2D eigenvalue weighted by Gasteiger charge is 2.13. The van der Waals surface area contributed by atoms with Gasteiger partial charge in [-0.25, -0.2) is 4.79 Å². The Morgan fingerprint density at radius 2 is 1.85 bits per heavy atom. The van der Waals surface area contributed by atoms with Crippen LogP contribution in [0.5, 0.6) is 0 Å². The summed E-state index contributed by atoms with van der Waals surface area (Å²) >= 11 is 0. The fourth-order valence-electron chi connectivity index (χ4n) is 1.61. The van der Waals surface area contributed by atoms with Crippen LogP contribution in [0.1, 0.15) is 31.9 Å². The number of carbonyl (C=O) groups excluding carboxylic acids is 1. The van der Waals surface area contributed by atoms with E-state index < -0.39 is 6.09 Å². The van der Waals surface area contributed by atoms with Crippen LogP contribution >= 0.6 is 0 Å². The molecule has 110 valence electrons. The Morgan fingerprint density at radius 1 is 1.25 bits per heavy atom. The summed E-state index contributed by atoms with van der Waals surface area (Å²) in [6.07, 6.45) is 2.72. The van der Waals surface area contributed by atoms with Crippen molar-refractivity contribution >= 4 is 12.2 Å². The number of rotatable bonds is 4. The molecule has 0 saturated heterocycles. The molecule has 0 aliphatic rings. The molecule has 0 saturated carbocycles. The summed E-state index contributed by atoms with van der Waals surface area (Å²) in [6, 6.07) is 8.13. The number of benzene rings is 1.